The molecule has 28 heavy (non-hydrogen) atoms. The summed E-state index contributed by atoms with van der Waals surface area (Å²) in [5, 5.41) is 6.78. The van der Waals surface area contributed by atoms with Gasteiger partial charge >= 0.3 is 0 Å². The molecule has 0 saturated carbocycles. The summed E-state index contributed by atoms with van der Waals surface area (Å²) in [7, 11) is 0. The molecule has 0 amide bonds. The van der Waals surface area contributed by atoms with Crippen LogP contribution in [0.25, 0.3) is 10.8 Å². The quantitative estimate of drug-likeness (QED) is 0.503. The molecular formula is C25H22ClNO. The largest absolute Gasteiger partial charge is 0.358 e. The molecule has 5 rings (SSSR count). The van der Waals surface area contributed by atoms with Crippen molar-refractivity contribution in [1.29, 1.82) is 0 Å². The Bertz CT molecular complexity index is 1140. The van der Waals surface area contributed by atoms with Crippen molar-refractivity contribution in [1.82, 2.24) is 0 Å². The maximum atomic E-state index is 13.2. The Morgan fingerprint density at radius 3 is 2.50 bits per heavy atom. The molecule has 3 aromatic carbocycles. The van der Waals surface area contributed by atoms with E-state index in [1.165, 1.54) is 10.8 Å². The van der Waals surface area contributed by atoms with E-state index in [9.17, 15) is 4.79 Å². The molecule has 0 aromatic heterocycles. The monoisotopic (exact) mass is 387 g/mol. The lowest BCUT2D eigenvalue weighted by Crippen LogP contribution is -2.33. The normalized spacial score (nSPS) is 20.5. The van der Waals surface area contributed by atoms with E-state index in [0.717, 1.165) is 34.5 Å². The van der Waals surface area contributed by atoms with Gasteiger partial charge in [0.2, 0.25) is 0 Å². The van der Waals surface area contributed by atoms with Gasteiger partial charge in [-0.2, -0.15) is 0 Å². The van der Waals surface area contributed by atoms with Gasteiger partial charge in [0.15, 0.2) is 5.78 Å². The number of carbonyl (C=O) groups excluding carboxylic acids is 1. The number of fused-ring (bicyclic) bond motifs is 3. The Labute approximate surface area is 170 Å². The molecule has 0 unspecified atom stereocenters. The summed E-state index contributed by atoms with van der Waals surface area (Å²) in [6, 6.07) is 20.7. The van der Waals surface area contributed by atoms with Crippen LogP contribution in [0.1, 0.15) is 43.7 Å². The number of nitrogens with one attached hydrogen (secondary N) is 1. The molecule has 2 aliphatic rings. The van der Waals surface area contributed by atoms with Crippen molar-refractivity contribution >= 4 is 33.8 Å². The number of Topliss-reactive ketones (excluding diaryl/α,β-unsaturated/α-hetero) is 1. The van der Waals surface area contributed by atoms with Crippen LogP contribution in [-0.4, -0.2) is 5.78 Å². The number of hydrogen-bond acceptors (Lipinski definition) is 2. The zero-order valence-corrected chi connectivity index (χ0v) is 16.8. The third kappa shape index (κ3) is 2.75. The van der Waals surface area contributed by atoms with E-state index in [2.05, 4.69) is 67.7 Å². The van der Waals surface area contributed by atoms with Crippen LogP contribution in [0, 0.1) is 5.41 Å². The minimum absolute atomic E-state index is 0.0322. The van der Waals surface area contributed by atoms with Crippen molar-refractivity contribution in [3.05, 3.63) is 88.1 Å². The fraction of sp³-hybridized carbons (Fsp3) is 0.240. The van der Waals surface area contributed by atoms with Gasteiger partial charge in [-0.3, -0.25) is 4.79 Å². The highest BCUT2D eigenvalue weighted by Crippen LogP contribution is 2.50. The third-order valence-electron chi connectivity index (χ3n) is 5.96. The summed E-state index contributed by atoms with van der Waals surface area (Å²) < 4.78 is 0. The van der Waals surface area contributed by atoms with Crippen molar-refractivity contribution < 1.29 is 4.79 Å². The van der Waals surface area contributed by atoms with Gasteiger partial charge in [0, 0.05) is 34.0 Å². The minimum atomic E-state index is -0.0586. The Morgan fingerprint density at radius 2 is 1.71 bits per heavy atom. The highest BCUT2D eigenvalue weighted by Gasteiger charge is 2.40. The van der Waals surface area contributed by atoms with Crippen LogP contribution >= 0.6 is 11.6 Å². The molecule has 1 heterocycles. The van der Waals surface area contributed by atoms with E-state index in [1.54, 1.807) is 0 Å². The van der Waals surface area contributed by atoms with Crippen LogP contribution < -0.4 is 5.32 Å². The number of rotatable bonds is 1. The average Bonchev–Trinajstić information content (AvgIpc) is 2.66. The lowest BCUT2D eigenvalue weighted by molar-refractivity contribution is -0.118. The summed E-state index contributed by atoms with van der Waals surface area (Å²) in [5.74, 6) is 0.189. The fourth-order valence-electron chi connectivity index (χ4n) is 4.76. The summed E-state index contributed by atoms with van der Waals surface area (Å²) >= 11 is 6.14. The Balaban J connectivity index is 1.79. The second-order valence-electron chi connectivity index (χ2n) is 8.69. The minimum Gasteiger partial charge on any atom is -0.358 e. The standard InChI is InChI=1S/C25H22ClNO/c1-25(2)13-20-23(21(28)14-25)22(16-7-10-17(26)11-8-16)19-12-9-15-5-3-4-6-18(15)24(19)27-20/h3-12,22,27H,13-14H2,1-2H3/t22-/m0/s1. The van der Waals surface area contributed by atoms with Crippen LogP contribution in [0.5, 0.6) is 0 Å². The number of hydrogen-bond donors (Lipinski definition) is 1. The fourth-order valence-corrected chi connectivity index (χ4v) is 4.88. The van der Waals surface area contributed by atoms with Crippen LogP contribution in [0.3, 0.4) is 0 Å². The van der Waals surface area contributed by atoms with E-state index in [-0.39, 0.29) is 17.1 Å². The van der Waals surface area contributed by atoms with Crippen LogP contribution in [0.4, 0.5) is 5.69 Å². The zero-order chi connectivity index (χ0) is 19.5. The number of ketones is 1. The number of carbonyl (C=O) groups is 1. The molecule has 0 spiro atoms. The van der Waals surface area contributed by atoms with Gasteiger partial charge in [-0.15, -0.1) is 0 Å². The molecule has 1 atom stereocenters. The van der Waals surface area contributed by atoms with Gasteiger partial charge in [-0.25, -0.2) is 0 Å². The Morgan fingerprint density at radius 1 is 0.964 bits per heavy atom. The molecule has 0 radical (unpaired) electrons. The van der Waals surface area contributed by atoms with Gasteiger partial charge in [0.25, 0.3) is 0 Å². The average molecular weight is 388 g/mol. The summed E-state index contributed by atoms with van der Waals surface area (Å²) in [6.45, 7) is 4.35. The van der Waals surface area contributed by atoms with Crippen molar-refractivity contribution in [3.8, 4) is 0 Å². The van der Waals surface area contributed by atoms with Gasteiger partial charge < -0.3 is 5.32 Å². The molecular weight excluding hydrogens is 366 g/mol. The zero-order valence-electron chi connectivity index (χ0n) is 16.1. The number of anilines is 1. The molecule has 0 saturated heterocycles. The SMILES string of the molecule is CC1(C)CC(=O)C2=C(C1)Nc1c(ccc3ccccc13)[C@@H]2c1ccc(Cl)cc1. The lowest BCUT2D eigenvalue weighted by Gasteiger charge is -2.40. The summed E-state index contributed by atoms with van der Waals surface area (Å²) in [6.07, 6.45) is 1.46. The molecule has 1 aliphatic heterocycles. The first kappa shape index (κ1) is 17.5. The molecule has 1 aliphatic carbocycles. The van der Waals surface area contributed by atoms with Gasteiger partial charge in [-0.1, -0.05) is 74.0 Å². The highest BCUT2D eigenvalue weighted by molar-refractivity contribution is 6.30. The van der Waals surface area contributed by atoms with Gasteiger partial charge in [0.05, 0.1) is 5.69 Å². The molecule has 3 aromatic rings. The van der Waals surface area contributed by atoms with Crippen molar-refractivity contribution in [2.45, 2.75) is 32.6 Å². The predicted molar refractivity (Wildman–Crippen MR) is 116 cm³/mol. The van der Waals surface area contributed by atoms with Crippen LogP contribution in [0.2, 0.25) is 5.02 Å². The second-order valence-corrected chi connectivity index (χ2v) is 9.13. The Kier molecular flexibility index (Phi) is 3.89. The van der Waals surface area contributed by atoms with Crippen molar-refractivity contribution in [2.75, 3.05) is 5.32 Å². The van der Waals surface area contributed by atoms with E-state index < -0.39 is 0 Å². The van der Waals surface area contributed by atoms with E-state index >= 15 is 0 Å². The van der Waals surface area contributed by atoms with Gasteiger partial charge in [0.1, 0.15) is 0 Å². The molecule has 3 heteroatoms. The number of benzene rings is 3. The first-order valence-electron chi connectivity index (χ1n) is 9.73. The van der Waals surface area contributed by atoms with E-state index in [4.69, 9.17) is 11.6 Å². The van der Waals surface area contributed by atoms with E-state index in [1.807, 2.05) is 12.1 Å². The maximum Gasteiger partial charge on any atom is 0.162 e. The first-order valence-corrected chi connectivity index (χ1v) is 10.1. The maximum absolute atomic E-state index is 13.2. The molecule has 2 nitrogen and oxygen atoms in total. The lowest BCUT2D eigenvalue weighted by atomic mass is 9.68. The highest BCUT2D eigenvalue weighted by atomic mass is 35.5. The summed E-state index contributed by atoms with van der Waals surface area (Å²) in [5.41, 5.74) is 5.36. The molecule has 0 bridgehead atoms. The first-order chi connectivity index (χ1) is 13.4. The van der Waals surface area contributed by atoms with Crippen LogP contribution in [-0.2, 0) is 4.79 Å². The van der Waals surface area contributed by atoms with Crippen molar-refractivity contribution in [3.63, 3.8) is 0 Å². The number of allylic oxidation sites excluding steroid dienone is 2. The van der Waals surface area contributed by atoms with Crippen molar-refractivity contribution in [2.24, 2.45) is 5.41 Å². The Hall–Kier alpha value is -2.58. The van der Waals surface area contributed by atoms with Crippen LogP contribution in [0.15, 0.2) is 71.9 Å². The smallest absolute Gasteiger partial charge is 0.162 e. The molecule has 0 fully saturated rings. The second kappa shape index (κ2) is 6.22. The summed E-state index contributed by atoms with van der Waals surface area (Å²) in [4.78, 5) is 13.2. The third-order valence-corrected chi connectivity index (χ3v) is 6.21. The molecule has 140 valence electrons. The topological polar surface area (TPSA) is 29.1 Å². The molecule has 1 N–H and O–H groups in total. The number of halogens is 1. The van der Waals surface area contributed by atoms with E-state index in [0.29, 0.717) is 11.4 Å². The van der Waals surface area contributed by atoms with Gasteiger partial charge in [-0.05, 0) is 40.5 Å². The predicted octanol–water partition coefficient (Wildman–Crippen LogP) is 6.69.